The minimum atomic E-state index is -3.18. The fourth-order valence-corrected chi connectivity index (χ4v) is 6.66. The van der Waals surface area contributed by atoms with E-state index in [9.17, 15) is 14.3 Å². The summed E-state index contributed by atoms with van der Waals surface area (Å²) in [5, 5.41) is 0. The van der Waals surface area contributed by atoms with Gasteiger partial charge in [0, 0.05) is 32.8 Å². The van der Waals surface area contributed by atoms with E-state index in [4.69, 9.17) is 9.47 Å². The van der Waals surface area contributed by atoms with E-state index in [1.54, 1.807) is 6.92 Å². The first-order valence-electron chi connectivity index (χ1n) is 13.9. The van der Waals surface area contributed by atoms with E-state index in [1.807, 2.05) is 18.2 Å². The molecule has 0 aromatic heterocycles. The zero-order chi connectivity index (χ0) is 26.1. The number of unbranched alkanes of at least 4 members (excludes halogenated alkanes) is 3. The van der Waals surface area contributed by atoms with Crippen LogP contribution in [0.2, 0.25) is 0 Å². The fourth-order valence-electron chi connectivity index (χ4n) is 5.64. The van der Waals surface area contributed by atoms with E-state index in [-0.39, 0.29) is 59.6 Å². The van der Waals surface area contributed by atoms with Gasteiger partial charge in [0.1, 0.15) is 0 Å². The van der Waals surface area contributed by atoms with Crippen molar-refractivity contribution in [3.63, 3.8) is 0 Å². The zero-order valence-corrected chi connectivity index (χ0v) is 26.0. The van der Waals surface area contributed by atoms with Gasteiger partial charge in [-0.15, -0.1) is 0 Å². The second-order valence-corrected chi connectivity index (χ2v) is 13.1. The van der Waals surface area contributed by atoms with Gasteiger partial charge in [0.2, 0.25) is 0 Å². The van der Waals surface area contributed by atoms with E-state index >= 15 is 0 Å². The van der Waals surface area contributed by atoms with Gasteiger partial charge in [-0.2, -0.15) is 0 Å². The minimum Gasteiger partial charge on any atom is -0.799 e. The molecule has 6 nitrogen and oxygen atoms in total. The van der Waals surface area contributed by atoms with Crippen molar-refractivity contribution in [3.8, 4) is 11.1 Å². The smallest absolute Gasteiger partial charge is 0.799 e. The first-order valence-corrected chi connectivity index (χ1v) is 15.9. The first-order chi connectivity index (χ1) is 18.0. The van der Waals surface area contributed by atoms with Crippen LogP contribution in [0.25, 0.3) is 11.1 Å². The molecule has 202 valence electrons. The molecule has 1 heterocycles. The van der Waals surface area contributed by atoms with Crippen molar-refractivity contribution in [3.05, 3.63) is 60.2 Å². The van der Waals surface area contributed by atoms with Crippen molar-refractivity contribution in [2.45, 2.75) is 64.2 Å². The van der Waals surface area contributed by atoms with Crippen molar-refractivity contribution in [2.75, 3.05) is 38.6 Å². The molecule has 1 saturated carbocycles. The van der Waals surface area contributed by atoms with Crippen LogP contribution in [0.4, 0.5) is 0 Å². The molecule has 4 atom stereocenters. The largest absolute Gasteiger partial charge is 1.00 e. The number of carbonyl (C=O) groups excluding carboxylic acids is 1. The number of carbonyl (C=O) groups is 1. The molecule has 2 aromatic carbocycles. The van der Waals surface area contributed by atoms with Crippen molar-refractivity contribution in [1.82, 2.24) is 4.90 Å². The van der Waals surface area contributed by atoms with E-state index in [0.29, 0.717) is 32.4 Å². The van der Waals surface area contributed by atoms with E-state index in [2.05, 4.69) is 41.3 Å². The van der Waals surface area contributed by atoms with Gasteiger partial charge in [-0.05, 0) is 41.9 Å². The topological polar surface area (TPSA) is 78.9 Å². The third-order valence-electron chi connectivity index (χ3n) is 7.85. The van der Waals surface area contributed by atoms with E-state index in [1.165, 1.54) is 11.1 Å². The number of hydrogen-bond acceptors (Lipinski definition) is 6. The van der Waals surface area contributed by atoms with Gasteiger partial charge in [0.05, 0.1) is 32.0 Å². The van der Waals surface area contributed by atoms with Crippen LogP contribution in [-0.4, -0.2) is 61.5 Å². The Hall–Kier alpha value is -0.820. The molecule has 0 amide bonds. The van der Waals surface area contributed by atoms with Crippen LogP contribution in [0, 0.1) is 5.92 Å². The van der Waals surface area contributed by atoms with Gasteiger partial charge < -0.3 is 18.9 Å². The summed E-state index contributed by atoms with van der Waals surface area (Å²) in [6.07, 6.45) is 5.45. The van der Waals surface area contributed by atoms with Crippen LogP contribution in [-0.2, 0) is 25.4 Å². The standard InChI is InChI=1S/C30H42NO5P.Na/c1-2-37(33,34)21-9-4-3-8-12-27-29(22-28(32)30(27)31-17-19-35-20-18-31)36-23-24-13-15-26(16-14-24)25-10-6-5-7-11-25;/h5-7,10-11,13-16,27,29-30H,2-4,8-9,12,17-23H2,1H3,(H,33,34);/q;+1/p-1/t27-,29?,30?;/m0./s1. The second kappa shape index (κ2) is 15.8. The number of benzene rings is 2. The van der Waals surface area contributed by atoms with Crippen molar-refractivity contribution >= 4 is 13.2 Å². The number of ketones is 1. The molecule has 0 N–H and O–H groups in total. The third-order valence-corrected chi connectivity index (χ3v) is 9.81. The number of rotatable bonds is 13. The Morgan fingerprint density at radius 3 is 2.32 bits per heavy atom. The summed E-state index contributed by atoms with van der Waals surface area (Å²) in [5.41, 5.74) is 3.48. The molecular formula is C30H41NNaO5P. The molecule has 0 bridgehead atoms. The van der Waals surface area contributed by atoms with Crippen LogP contribution in [0.1, 0.15) is 51.0 Å². The van der Waals surface area contributed by atoms with Crippen LogP contribution in [0.5, 0.6) is 0 Å². The van der Waals surface area contributed by atoms with Crippen molar-refractivity contribution in [1.29, 1.82) is 0 Å². The predicted octanol–water partition coefficient (Wildman–Crippen LogP) is 2.14. The average Bonchev–Trinajstić information content (AvgIpc) is 3.25. The minimum absolute atomic E-state index is 0. The molecule has 38 heavy (non-hydrogen) atoms. The molecule has 0 spiro atoms. The Morgan fingerprint density at radius 1 is 0.974 bits per heavy atom. The van der Waals surface area contributed by atoms with Crippen LogP contribution in [0.3, 0.4) is 0 Å². The SMILES string of the molecule is CCP(=O)([O-])CCCCCC[C@H]1C(OCc2ccc(-c3ccccc3)cc2)CC(=O)C1N1CCOCC1.[Na+]. The summed E-state index contributed by atoms with van der Waals surface area (Å²) in [6, 6.07) is 18.7. The van der Waals surface area contributed by atoms with Gasteiger partial charge >= 0.3 is 29.6 Å². The Balaban J connectivity index is 0.00000400. The summed E-state index contributed by atoms with van der Waals surface area (Å²) < 4.78 is 23.7. The van der Waals surface area contributed by atoms with Gasteiger partial charge in [0.25, 0.3) is 0 Å². The molecule has 1 aliphatic carbocycles. The third kappa shape index (κ3) is 9.11. The van der Waals surface area contributed by atoms with Gasteiger partial charge in [0.15, 0.2) is 5.78 Å². The summed E-state index contributed by atoms with van der Waals surface area (Å²) in [7, 11) is -3.18. The van der Waals surface area contributed by atoms with E-state index in [0.717, 1.165) is 50.8 Å². The van der Waals surface area contributed by atoms with Crippen molar-refractivity contribution in [2.24, 2.45) is 5.92 Å². The molecule has 4 rings (SSSR count). The summed E-state index contributed by atoms with van der Waals surface area (Å²) >= 11 is 0. The summed E-state index contributed by atoms with van der Waals surface area (Å²) in [4.78, 5) is 27.2. The number of ether oxygens (including phenoxy) is 2. The molecule has 3 unspecified atom stereocenters. The molecule has 2 aromatic rings. The molecular weight excluding hydrogens is 508 g/mol. The molecule has 2 fully saturated rings. The monoisotopic (exact) mass is 549 g/mol. The maximum atomic E-state index is 13.2. The normalized spacial score (nSPS) is 23.6. The Labute approximate surface area is 250 Å². The number of Topliss-reactive ketones (excluding diaryl/α,β-unsaturated/α-hetero) is 1. The molecule has 1 saturated heterocycles. The maximum Gasteiger partial charge on any atom is 1.00 e. The van der Waals surface area contributed by atoms with Crippen LogP contribution in [0.15, 0.2) is 54.6 Å². The summed E-state index contributed by atoms with van der Waals surface area (Å²) in [6.45, 7) is 5.13. The fraction of sp³-hybridized carbons (Fsp3) is 0.567. The second-order valence-electron chi connectivity index (χ2n) is 10.4. The van der Waals surface area contributed by atoms with Gasteiger partial charge in [-0.3, -0.25) is 9.69 Å². The molecule has 1 aliphatic heterocycles. The van der Waals surface area contributed by atoms with E-state index < -0.39 is 7.37 Å². The Morgan fingerprint density at radius 2 is 1.63 bits per heavy atom. The Kier molecular flexibility index (Phi) is 13.2. The van der Waals surface area contributed by atoms with Crippen LogP contribution >= 0.6 is 7.37 Å². The Bertz CT molecular complexity index is 1030. The average molecular weight is 550 g/mol. The van der Waals surface area contributed by atoms with Crippen molar-refractivity contribution < 1.29 is 53.3 Å². The zero-order valence-electron chi connectivity index (χ0n) is 23.1. The van der Waals surface area contributed by atoms with Crippen LogP contribution < -0.4 is 34.5 Å². The quantitative estimate of drug-likeness (QED) is 0.217. The molecule has 8 heteroatoms. The number of morpholine rings is 1. The predicted molar refractivity (Wildman–Crippen MR) is 146 cm³/mol. The number of hydrogen-bond donors (Lipinski definition) is 0. The summed E-state index contributed by atoms with van der Waals surface area (Å²) in [5.74, 6) is 0.446. The van der Waals surface area contributed by atoms with Gasteiger partial charge in [-0.25, -0.2) is 0 Å². The molecule has 2 aliphatic rings. The maximum absolute atomic E-state index is 13.2. The van der Waals surface area contributed by atoms with Gasteiger partial charge in [-0.1, -0.05) is 80.8 Å². The number of nitrogens with zero attached hydrogens (tertiary/aromatic N) is 1. The first kappa shape index (κ1) is 31.7. The molecule has 0 radical (unpaired) electrons.